The summed E-state index contributed by atoms with van der Waals surface area (Å²) in [7, 11) is 0. The SMILES string of the molecule is C[C@H](OC(=O)COc1ccc2ccccc2c1)C(=O)Nc1ccc(Cl)cn1. The van der Waals surface area contributed by atoms with Gasteiger partial charge in [0, 0.05) is 6.20 Å². The molecule has 0 aliphatic rings. The van der Waals surface area contributed by atoms with E-state index in [0.717, 1.165) is 10.8 Å². The second-order valence-corrected chi connectivity index (χ2v) is 6.22. The number of hydrogen-bond donors (Lipinski definition) is 1. The lowest BCUT2D eigenvalue weighted by molar-refractivity contribution is -0.155. The zero-order valence-corrected chi connectivity index (χ0v) is 15.3. The summed E-state index contributed by atoms with van der Waals surface area (Å²) in [6.45, 7) is 1.17. The van der Waals surface area contributed by atoms with Crippen molar-refractivity contribution in [3.63, 3.8) is 0 Å². The van der Waals surface area contributed by atoms with Crippen LogP contribution < -0.4 is 10.1 Å². The van der Waals surface area contributed by atoms with Crippen molar-refractivity contribution in [3.8, 4) is 5.75 Å². The standard InChI is InChI=1S/C20H17ClN2O4/c1-13(20(25)23-18-9-7-16(21)11-22-18)27-19(24)12-26-17-8-6-14-4-2-3-5-15(14)10-17/h2-11,13H,12H2,1H3,(H,22,23,25)/t13-/m0/s1. The van der Waals surface area contributed by atoms with Crippen LogP contribution in [-0.2, 0) is 14.3 Å². The van der Waals surface area contributed by atoms with E-state index in [9.17, 15) is 9.59 Å². The zero-order chi connectivity index (χ0) is 19.2. The van der Waals surface area contributed by atoms with Crippen molar-refractivity contribution in [1.29, 1.82) is 0 Å². The Kier molecular flexibility index (Phi) is 5.88. The highest BCUT2D eigenvalue weighted by atomic mass is 35.5. The molecule has 27 heavy (non-hydrogen) atoms. The van der Waals surface area contributed by atoms with Crippen LogP contribution in [-0.4, -0.2) is 29.6 Å². The molecule has 0 bridgehead atoms. The highest BCUT2D eigenvalue weighted by Gasteiger charge is 2.18. The summed E-state index contributed by atoms with van der Waals surface area (Å²) in [5.41, 5.74) is 0. The van der Waals surface area contributed by atoms with Crippen LogP contribution in [0.5, 0.6) is 5.75 Å². The Hall–Kier alpha value is -3.12. The van der Waals surface area contributed by atoms with Gasteiger partial charge in [-0.15, -0.1) is 0 Å². The van der Waals surface area contributed by atoms with Crippen LogP contribution in [0.15, 0.2) is 60.8 Å². The minimum Gasteiger partial charge on any atom is -0.482 e. The molecule has 0 aliphatic carbocycles. The van der Waals surface area contributed by atoms with Gasteiger partial charge in [-0.2, -0.15) is 0 Å². The largest absolute Gasteiger partial charge is 0.482 e. The monoisotopic (exact) mass is 384 g/mol. The van der Waals surface area contributed by atoms with E-state index in [1.807, 2.05) is 36.4 Å². The summed E-state index contributed by atoms with van der Waals surface area (Å²) in [4.78, 5) is 27.9. The summed E-state index contributed by atoms with van der Waals surface area (Å²) in [5, 5.41) is 5.08. The molecule has 0 unspecified atom stereocenters. The molecule has 1 amide bonds. The molecule has 1 N–H and O–H groups in total. The van der Waals surface area contributed by atoms with Crippen molar-refractivity contribution in [2.45, 2.75) is 13.0 Å². The molecule has 138 valence electrons. The molecular weight excluding hydrogens is 368 g/mol. The van der Waals surface area contributed by atoms with Crippen molar-refractivity contribution in [3.05, 3.63) is 65.8 Å². The summed E-state index contributed by atoms with van der Waals surface area (Å²) >= 11 is 5.74. The lowest BCUT2D eigenvalue weighted by Gasteiger charge is -2.13. The molecule has 0 saturated heterocycles. The highest BCUT2D eigenvalue weighted by molar-refractivity contribution is 6.30. The quantitative estimate of drug-likeness (QED) is 0.653. The van der Waals surface area contributed by atoms with Crippen LogP contribution in [0.25, 0.3) is 10.8 Å². The number of fused-ring (bicyclic) bond motifs is 1. The van der Waals surface area contributed by atoms with Crippen molar-refractivity contribution in [2.24, 2.45) is 0 Å². The molecule has 2 aromatic carbocycles. The van der Waals surface area contributed by atoms with Crippen LogP contribution in [0.2, 0.25) is 5.02 Å². The van der Waals surface area contributed by atoms with Crippen molar-refractivity contribution < 1.29 is 19.1 Å². The molecule has 0 aliphatic heterocycles. The minimum atomic E-state index is -0.991. The van der Waals surface area contributed by atoms with Gasteiger partial charge in [0.05, 0.1) is 5.02 Å². The van der Waals surface area contributed by atoms with E-state index in [1.165, 1.54) is 13.1 Å². The van der Waals surface area contributed by atoms with Gasteiger partial charge in [-0.25, -0.2) is 9.78 Å². The number of amides is 1. The number of nitrogens with zero attached hydrogens (tertiary/aromatic N) is 1. The molecule has 7 heteroatoms. The first-order chi connectivity index (χ1) is 13.0. The first-order valence-electron chi connectivity index (χ1n) is 8.25. The fourth-order valence-electron chi connectivity index (χ4n) is 2.36. The van der Waals surface area contributed by atoms with Gasteiger partial charge in [-0.05, 0) is 42.0 Å². The molecule has 6 nitrogen and oxygen atoms in total. The normalized spacial score (nSPS) is 11.6. The van der Waals surface area contributed by atoms with E-state index in [1.54, 1.807) is 18.2 Å². The number of nitrogens with one attached hydrogen (secondary N) is 1. The van der Waals surface area contributed by atoms with E-state index >= 15 is 0 Å². The number of pyridine rings is 1. The number of ether oxygens (including phenoxy) is 2. The van der Waals surface area contributed by atoms with Crippen LogP contribution in [0.3, 0.4) is 0 Å². The van der Waals surface area contributed by atoms with Gasteiger partial charge >= 0.3 is 5.97 Å². The van der Waals surface area contributed by atoms with Crippen molar-refractivity contribution >= 4 is 40.1 Å². The Labute approximate surface area is 161 Å². The molecule has 1 atom stereocenters. The highest BCUT2D eigenvalue weighted by Crippen LogP contribution is 2.20. The number of carbonyl (C=O) groups is 2. The molecule has 1 aromatic heterocycles. The molecule has 3 rings (SSSR count). The summed E-state index contributed by atoms with van der Waals surface area (Å²) in [6.07, 6.45) is 0.417. The second-order valence-electron chi connectivity index (χ2n) is 5.78. The lowest BCUT2D eigenvalue weighted by atomic mass is 10.1. The van der Waals surface area contributed by atoms with Crippen LogP contribution in [0.4, 0.5) is 5.82 Å². The number of benzene rings is 2. The predicted octanol–water partition coefficient (Wildman–Crippen LogP) is 3.84. The number of esters is 1. The second kappa shape index (κ2) is 8.51. The van der Waals surface area contributed by atoms with E-state index in [2.05, 4.69) is 10.3 Å². The fraction of sp³-hybridized carbons (Fsp3) is 0.150. The number of anilines is 1. The van der Waals surface area contributed by atoms with Gasteiger partial charge in [0.2, 0.25) is 0 Å². The maximum atomic E-state index is 12.1. The van der Waals surface area contributed by atoms with E-state index in [4.69, 9.17) is 21.1 Å². The maximum Gasteiger partial charge on any atom is 0.344 e. The van der Waals surface area contributed by atoms with Gasteiger partial charge < -0.3 is 14.8 Å². The van der Waals surface area contributed by atoms with E-state index in [0.29, 0.717) is 16.6 Å². The maximum absolute atomic E-state index is 12.1. The summed E-state index contributed by atoms with van der Waals surface area (Å²) < 4.78 is 10.5. The number of carbonyl (C=O) groups excluding carboxylic acids is 2. The summed E-state index contributed by atoms with van der Waals surface area (Å²) in [6, 6.07) is 16.5. The van der Waals surface area contributed by atoms with Gasteiger partial charge in [-0.3, -0.25) is 4.79 Å². The van der Waals surface area contributed by atoms with Gasteiger partial charge in [0.1, 0.15) is 11.6 Å². The minimum absolute atomic E-state index is 0.296. The first kappa shape index (κ1) is 18.7. The number of halogens is 1. The third-order valence-corrected chi connectivity index (χ3v) is 3.96. The zero-order valence-electron chi connectivity index (χ0n) is 14.5. The van der Waals surface area contributed by atoms with Crippen LogP contribution in [0.1, 0.15) is 6.92 Å². The first-order valence-corrected chi connectivity index (χ1v) is 8.62. The fourth-order valence-corrected chi connectivity index (χ4v) is 2.47. The Bertz CT molecular complexity index is 960. The van der Waals surface area contributed by atoms with Crippen LogP contribution in [0, 0.1) is 0 Å². The average Bonchev–Trinajstić information content (AvgIpc) is 2.68. The third-order valence-electron chi connectivity index (χ3n) is 3.73. The van der Waals surface area contributed by atoms with Crippen LogP contribution >= 0.6 is 11.6 Å². The van der Waals surface area contributed by atoms with Gasteiger partial charge in [-0.1, -0.05) is 41.9 Å². The van der Waals surface area contributed by atoms with Gasteiger partial charge in [0.15, 0.2) is 12.7 Å². The average molecular weight is 385 g/mol. The third kappa shape index (κ3) is 5.18. The van der Waals surface area contributed by atoms with Crippen molar-refractivity contribution in [1.82, 2.24) is 4.98 Å². The molecular formula is C20H17ClN2O4. The van der Waals surface area contributed by atoms with E-state index < -0.39 is 18.0 Å². The number of rotatable bonds is 6. The lowest BCUT2D eigenvalue weighted by Crippen LogP contribution is -2.31. The van der Waals surface area contributed by atoms with Crippen molar-refractivity contribution in [2.75, 3.05) is 11.9 Å². The molecule has 3 aromatic rings. The molecule has 0 radical (unpaired) electrons. The molecule has 0 spiro atoms. The Morgan fingerprint density at radius 3 is 2.63 bits per heavy atom. The number of aromatic nitrogens is 1. The predicted molar refractivity (Wildman–Crippen MR) is 103 cm³/mol. The smallest absolute Gasteiger partial charge is 0.344 e. The Morgan fingerprint density at radius 1 is 1.11 bits per heavy atom. The Balaban J connectivity index is 1.50. The Morgan fingerprint density at radius 2 is 1.89 bits per heavy atom. The summed E-state index contributed by atoms with van der Waals surface area (Å²) in [5.74, 6) is -0.272. The van der Waals surface area contributed by atoms with E-state index in [-0.39, 0.29) is 6.61 Å². The molecule has 0 saturated carbocycles. The van der Waals surface area contributed by atoms with Gasteiger partial charge in [0.25, 0.3) is 5.91 Å². The topological polar surface area (TPSA) is 77.5 Å². The molecule has 0 fully saturated rings. The molecule has 1 heterocycles. The number of hydrogen-bond acceptors (Lipinski definition) is 5.